The molecule has 2 heterocycles. The second-order valence-corrected chi connectivity index (χ2v) is 7.02. The van der Waals surface area contributed by atoms with Crippen LogP contribution in [0.5, 0.6) is 0 Å². The first-order chi connectivity index (χ1) is 13.5. The SMILES string of the molecule is COC(=O)CCn1nnc(-c2cc(/C=C/C(=O)O)sc2Cc2ccccc2)n1. The summed E-state index contributed by atoms with van der Waals surface area (Å²) in [4.78, 5) is 25.2. The summed E-state index contributed by atoms with van der Waals surface area (Å²) in [6.45, 7) is 0.267. The van der Waals surface area contributed by atoms with E-state index in [9.17, 15) is 9.59 Å². The van der Waals surface area contributed by atoms with Gasteiger partial charge in [0, 0.05) is 27.8 Å². The van der Waals surface area contributed by atoms with Crippen molar-refractivity contribution < 1.29 is 19.4 Å². The van der Waals surface area contributed by atoms with E-state index in [4.69, 9.17) is 5.11 Å². The quantitative estimate of drug-likeness (QED) is 0.459. The van der Waals surface area contributed by atoms with Crippen LogP contribution >= 0.6 is 11.3 Å². The Morgan fingerprint density at radius 3 is 2.79 bits per heavy atom. The molecule has 3 aromatic rings. The highest BCUT2D eigenvalue weighted by Gasteiger charge is 2.16. The smallest absolute Gasteiger partial charge is 0.328 e. The van der Waals surface area contributed by atoms with Crippen LogP contribution in [0.3, 0.4) is 0 Å². The van der Waals surface area contributed by atoms with Crippen LogP contribution < -0.4 is 0 Å². The molecule has 3 rings (SSSR count). The van der Waals surface area contributed by atoms with Crippen LogP contribution in [0.2, 0.25) is 0 Å². The molecule has 0 saturated heterocycles. The van der Waals surface area contributed by atoms with Gasteiger partial charge in [-0.2, -0.15) is 4.80 Å². The van der Waals surface area contributed by atoms with Crippen molar-refractivity contribution in [1.29, 1.82) is 0 Å². The normalized spacial score (nSPS) is 11.0. The largest absolute Gasteiger partial charge is 0.478 e. The van der Waals surface area contributed by atoms with E-state index < -0.39 is 5.97 Å². The Kier molecular flexibility index (Phi) is 6.28. The van der Waals surface area contributed by atoms with Crippen LogP contribution in [0.4, 0.5) is 0 Å². The van der Waals surface area contributed by atoms with Crippen LogP contribution in [0, 0.1) is 0 Å². The lowest BCUT2D eigenvalue weighted by Crippen LogP contribution is -2.09. The molecule has 1 N–H and O–H groups in total. The molecule has 0 radical (unpaired) electrons. The number of hydrogen-bond acceptors (Lipinski definition) is 7. The van der Waals surface area contributed by atoms with Crippen LogP contribution in [0.1, 0.15) is 21.7 Å². The molecular weight excluding hydrogens is 380 g/mol. The maximum absolute atomic E-state index is 11.3. The number of carbonyl (C=O) groups excluding carboxylic acids is 1. The lowest BCUT2D eigenvalue weighted by molar-refractivity contribution is -0.141. The Labute approximate surface area is 165 Å². The minimum Gasteiger partial charge on any atom is -0.478 e. The summed E-state index contributed by atoms with van der Waals surface area (Å²) in [6.07, 6.45) is 3.47. The molecule has 0 atom stereocenters. The molecule has 8 nitrogen and oxygen atoms in total. The third-order valence-electron chi connectivity index (χ3n) is 3.86. The molecule has 0 saturated carbocycles. The molecule has 0 unspecified atom stereocenters. The van der Waals surface area contributed by atoms with Gasteiger partial charge >= 0.3 is 11.9 Å². The van der Waals surface area contributed by atoms with Gasteiger partial charge in [-0.1, -0.05) is 30.3 Å². The summed E-state index contributed by atoms with van der Waals surface area (Å²) in [5.74, 6) is -0.922. The average molecular weight is 398 g/mol. The molecule has 9 heteroatoms. The summed E-state index contributed by atoms with van der Waals surface area (Å²) in [6, 6.07) is 11.8. The number of ether oxygens (including phenoxy) is 1. The van der Waals surface area contributed by atoms with E-state index in [1.165, 1.54) is 23.2 Å². The van der Waals surface area contributed by atoms with Crippen LogP contribution in [-0.2, 0) is 27.3 Å². The van der Waals surface area contributed by atoms with Crippen molar-refractivity contribution in [2.24, 2.45) is 0 Å². The first-order valence-electron chi connectivity index (χ1n) is 8.48. The zero-order valence-corrected chi connectivity index (χ0v) is 15.9. The number of aryl methyl sites for hydroxylation is 1. The fraction of sp³-hybridized carbons (Fsp3) is 0.211. The van der Waals surface area contributed by atoms with Crippen molar-refractivity contribution in [3.63, 3.8) is 0 Å². The lowest BCUT2D eigenvalue weighted by atomic mass is 10.1. The number of carboxylic acid groups (broad SMARTS) is 1. The van der Waals surface area contributed by atoms with Gasteiger partial charge in [-0.15, -0.1) is 21.5 Å². The number of nitrogens with zero attached hydrogens (tertiary/aromatic N) is 4. The first-order valence-corrected chi connectivity index (χ1v) is 9.29. The lowest BCUT2D eigenvalue weighted by Gasteiger charge is -2.01. The highest BCUT2D eigenvalue weighted by atomic mass is 32.1. The van der Waals surface area contributed by atoms with Gasteiger partial charge in [0.05, 0.1) is 20.1 Å². The monoisotopic (exact) mass is 398 g/mol. The second kappa shape index (κ2) is 9.05. The van der Waals surface area contributed by atoms with Gasteiger partial charge in [0.15, 0.2) is 0 Å². The number of hydrogen-bond donors (Lipinski definition) is 1. The van der Waals surface area contributed by atoms with E-state index in [1.807, 2.05) is 36.4 Å². The predicted molar refractivity (Wildman–Crippen MR) is 104 cm³/mol. The molecule has 0 bridgehead atoms. The van der Waals surface area contributed by atoms with E-state index in [0.29, 0.717) is 12.2 Å². The van der Waals surface area contributed by atoms with E-state index in [0.717, 1.165) is 27.0 Å². The number of rotatable bonds is 8. The highest BCUT2D eigenvalue weighted by molar-refractivity contribution is 7.13. The molecular formula is C19H18N4O4S. The van der Waals surface area contributed by atoms with Gasteiger partial charge < -0.3 is 9.84 Å². The van der Waals surface area contributed by atoms with E-state index >= 15 is 0 Å². The Bertz CT molecular complexity index is 995. The number of esters is 1. The standard InChI is InChI=1S/C19H18N4O4S/c1-27-18(26)9-10-23-21-19(20-22-23)15-12-14(7-8-17(24)25)28-16(15)11-13-5-3-2-4-6-13/h2-8,12H,9-11H2,1H3,(H,24,25)/b8-7+. The fourth-order valence-corrected chi connectivity index (χ4v) is 3.62. The molecule has 0 aliphatic carbocycles. The third kappa shape index (κ3) is 5.10. The van der Waals surface area contributed by atoms with Crippen LogP contribution in [-0.4, -0.2) is 44.4 Å². The van der Waals surface area contributed by atoms with E-state index in [-0.39, 0.29) is 18.9 Å². The topological polar surface area (TPSA) is 107 Å². The molecule has 0 fully saturated rings. The summed E-state index contributed by atoms with van der Waals surface area (Å²) in [5.41, 5.74) is 1.92. The highest BCUT2D eigenvalue weighted by Crippen LogP contribution is 2.32. The summed E-state index contributed by atoms with van der Waals surface area (Å²) >= 11 is 1.48. The van der Waals surface area contributed by atoms with Gasteiger partial charge in [-0.3, -0.25) is 4.79 Å². The number of carbonyl (C=O) groups is 2. The number of aliphatic carboxylic acids is 1. The van der Waals surface area contributed by atoms with Crippen molar-refractivity contribution in [1.82, 2.24) is 20.2 Å². The van der Waals surface area contributed by atoms with Crippen molar-refractivity contribution in [3.8, 4) is 11.4 Å². The number of methoxy groups -OCH3 is 1. The Hall–Kier alpha value is -3.33. The van der Waals surface area contributed by atoms with Gasteiger partial charge in [-0.05, 0) is 22.9 Å². The summed E-state index contributed by atoms with van der Waals surface area (Å²) in [7, 11) is 1.33. The van der Waals surface area contributed by atoms with Crippen molar-refractivity contribution in [2.45, 2.75) is 19.4 Å². The molecule has 2 aromatic heterocycles. The van der Waals surface area contributed by atoms with Gasteiger partial charge in [-0.25, -0.2) is 4.79 Å². The number of benzene rings is 1. The molecule has 0 aliphatic rings. The van der Waals surface area contributed by atoms with Gasteiger partial charge in [0.25, 0.3) is 0 Å². The Balaban J connectivity index is 1.88. The average Bonchev–Trinajstić information content (AvgIpc) is 3.32. The van der Waals surface area contributed by atoms with Crippen LogP contribution in [0.25, 0.3) is 17.5 Å². The molecule has 0 spiro atoms. The minimum atomic E-state index is -1.01. The summed E-state index contributed by atoms with van der Waals surface area (Å²) in [5, 5.41) is 21.3. The van der Waals surface area contributed by atoms with E-state index in [1.54, 1.807) is 6.08 Å². The second-order valence-electron chi connectivity index (χ2n) is 5.85. The van der Waals surface area contributed by atoms with Gasteiger partial charge in [0.1, 0.15) is 0 Å². The summed E-state index contributed by atoms with van der Waals surface area (Å²) < 4.78 is 4.62. The number of carboxylic acids is 1. The van der Waals surface area contributed by atoms with E-state index in [2.05, 4.69) is 20.1 Å². The Morgan fingerprint density at radius 2 is 2.07 bits per heavy atom. The Morgan fingerprint density at radius 1 is 1.29 bits per heavy atom. The van der Waals surface area contributed by atoms with Crippen LogP contribution in [0.15, 0.2) is 42.5 Å². The number of aromatic nitrogens is 4. The fourth-order valence-electron chi connectivity index (χ4n) is 2.53. The maximum Gasteiger partial charge on any atom is 0.328 e. The zero-order valence-electron chi connectivity index (χ0n) is 15.1. The van der Waals surface area contributed by atoms with Crippen molar-refractivity contribution in [2.75, 3.05) is 7.11 Å². The minimum absolute atomic E-state index is 0.152. The molecule has 144 valence electrons. The van der Waals surface area contributed by atoms with Gasteiger partial charge in [0.2, 0.25) is 5.82 Å². The van der Waals surface area contributed by atoms with Crippen molar-refractivity contribution in [3.05, 3.63) is 57.8 Å². The predicted octanol–water partition coefficient (Wildman–Crippen LogP) is 2.65. The molecule has 28 heavy (non-hydrogen) atoms. The maximum atomic E-state index is 11.3. The first kappa shape index (κ1) is 19.4. The number of thiophene rings is 1. The molecule has 0 aliphatic heterocycles. The molecule has 1 aromatic carbocycles. The third-order valence-corrected chi connectivity index (χ3v) is 4.96. The van der Waals surface area contributed by atoms with Crippen molar-refractivity contribution >= 4 is 29.4 Å². The number of tetrazole rings is 1. The molecule has 0 amide bonds. The zero-order chi connectivity index (χ0) is 19.9.